The summed E-state index contributed by atoms with van der Waals surface area (Å²) in [5.74, 6) is 0.639. The molecule has 2 aromatic rings. The molecule has 0 bridgehead atoms. The number of hydrogen-bond donors (Lipinski definition) is 0. The Hall–Kier alpha value is -2.36. The van der Waals surface area contributed by atoms with Crippen molar-refractivity contribution in [2.75, 3.05) is 24.5 Å². The topological polar surface area (TPSA) is 36.4 Å². The molecule has 1 atom stereocenters. The normalized spacial score (nSPS) is 18.1. The minimum atomic E-state index is 0.138. The second kappa shape index (κ2) is 7.04. The van der Waals surface area contributed by atoms with Crippen LogP contribution in [0.5, 0.6) is 0 Å². The first-order valence-electron chi connectivity index (χ1n) is 8.58. The van der Waals surface area contributed by atoms with Gasteiger partial charge in [-0.05, 0) is 35.2 Å². The fraction of sp³-hybridized carbons (Fsp3) is 0.400. The zero-order chi connectivity index (χ0) is 17.1. The summed E-state index contributed by atoms with van der Waals surface area (Å²) in [5.41, 5.74) is 3.71. The van der Waals surface area contributed by atoms with E-state index in [9.17, 15) is 4.79 Å². The maximum atomic E-state index is 11.9. The average Bonchev–Trinajstić information content (AvgIpc) is 2.62. The molecule has 1 aliphatic heterocycles. The van der Waals surface area contributed by atoms with Gasteiger partial charge in [-0.2, -0.15) is 0 Å². The van der Waals surface area contributed by atoms with Crippen molar-refractivity contribution in [1.82, 2.24) is 9.88 Å². The lowest BCUT2D eigenvalue weighted by Crippen LogP contribution is -2.50. The number of piperazine rings is 1. The third-order valence-corrected chi connectivity index (χ3v) is 4.76. The number of nitrogens with zero attached hydrogens (tertiary/aromatic N) is 3. The third kappa shape index (κ3) is 3.42. The first-order valence-corrected chi connectivity index (χ1v) is 8.58. The van der Waals surface area contributed by atoms with Gasteiger partial charge in [0.25, 0.3) is 0 Å². The van der Waals surface area contributed by atoms with Crippen LogP contribution in [0.15, 0.2) is 48.8 Å². The van der Waals surface area contributed by atoms with E-state index in [1.807, 2.05) is 17.2 Å². The zero-order valence-electron chi connectivity index (χ0n) is 14.6. The molecule has 3 rings (SSSR count). The van der Waals surface area contributed by atoms with Gasteiger partial charge in [-0.15, -0.1) is 0 Å². The van der Waals surface area contributed by atoms with Gasteiger partial charge in [0, 0.05) is 44.6 Å². The van der Waals surface area contributed by atoms with Crippen LogP contribution in [-0.4, -0.2) is 35.4 Å². The number of aromatic nitrogens is 1. The number of carbonyl (C=O) groups excluding carboxylic acids is 1. The van der Waals surface area contributed by atoms with Gasteiger partial charge in [0.05, 0.1) is 6.04 Å². The fourth-order valence-corrected chi connectivity index (χ4v) is 3.30. The van der Waals surface area contributed by atoms with Crippen LogP contribution >= 0.6 is 0 Å². The van der Waals surface area contributed by atoms with Crippen molar-refractivity contribution in [3.05, 3.63) is 59.9 Å². The van der Waals surface area contributed by atoms with Crippen LogP contribution in [0, 0.1) is 0 Å². The molecular weight excluding hydrogens is 298 g/mol. The van der Waals surface area contributed by atoms with E-state index in [2.05, 4.69) is 54.1 Å². The van der Waals surface area contributed by atoms with E-state index in [1.165, 1.54) is 11.3 Å². The van der Waals surface area contributed by atoms with Crippen molar-refractivity contribution in [2.45, 2.75) is 32.7 Å². The van der Waals surface area contributed by atoms with E-state index in [0.29, 0.717) is 12.5 Å². The minimum absolute atomic E-state index is 0.138. The minimum Gasteiger partial charge on any atom is -0.361 e. The number of anilines is 1. The smallest absolute Gasteiger partial charge is 0.219 e. The molecule has 1 saturated heterocycles. The van der Waals surface area contributed by atoms with E-state index in [0.717, 1.165) is 18.7 Å². The number of pyridine rings is 1. The summed E-state index contributed by atoms with van der Waals surface area (Å²) in [6.07, 6.45) is 3.70. The highest BCUT2D eigenvalue weighted by atomic mass is 16.2. The molecule has 1 aromatic heterocycles. The lowest BCUT2D eigenvalue weighted by Gasteiger charge is -2.43. The predicted molar refractivity (Wildman–Crippen MR) is 97.1 cm³/mol. The van der Waals surface area contributed by atoms with Crippen molar-refractivity contribution >= 4 is 11.6 Å². The van der Waals surface area contributed by atoms with Gasteiger partial charge in [-0.1, -0.05) is 32.0 Å². The Kier molecular flexibility index (Phi) is 4.84. The molecule has 24 heavy (non-hydrogen) atoms. The van der Waals surface area contributed by atoms with Crippen LogP contribution in [0.2, 0.25) is 0 Å². The number of carbonyl (C=O) groups is 1. The van der Waals surface area contributed by atoms with Gasteiger partial charge in [-0.25, -0.2) is 0 Å². The van der Waals surface area contributed by atoms with Gasteiger partial charge in [0.1, 0.15) is 0 Å². The quantitative estimate of drug-likeness (QED) is 0.866. The number of amides is 1. The van der Waals surface area contributed by atoms with Crippen molar-refractivity contribution in [3.63, 3.8) is 0 Å². The monoisotopic (exact) mass is 323 g/mol. The summed E-state index contributed by atoms with van der Waals surface area (Å²) in [6, 6.07) is 12.9. The molecule has 2 heterocycles. The summed E-state index contributed by atoms with van der Waals surface area (Å²) in [5, 5.41) is 0. The molecule has 4 nitrogen and oxygen atoms in total. The third-order valence-electron chi connectivity index (χ3n) is 4.76. The highest BCUT2D eigenvalue weighted by molar-refractivity contribution is 5.73. The van der Waals surface area contributed by atoms with Gasteiger partial charge in [0.2, 0.25) is 5.91 Å². The standard InChI is InChI=1S/C20H25N3O/c1-15(2)17-6-4-8-19(12-17)23-11-10-22(16(3)24)14-20(23)18-7-5-9-21-13-18/h4-9,12-13,15,20H,10-11,14H2,1-3H3. The molecule has 126 valence electrons. The summed E-state index contributed by atoms with van der Waals surface area (Å²) in [4.78, 5) is 20.5. The van der Waals surface area contributed by atoms with Gasteiger partial charge in [-0.3, -0.25) is 9.78 Å². The molecule has 0 spiro atoms. The second-order valence-electron chi connectivity index (χ2n) is 6.71. The summed E-state index contributed by atoms with van der Waals surface area (Å²) < 4.78 is 0. The SMILES string of the molecule is CC(=O)N1CCN(c2cccc(C(C)C)c2)C(c2cccnc2)C1. The molecule has 0 saturated carbocycles. The number of benzene rings is 1. The Morgan fingerprint density at radius 2 is 2.04 bits per heavy atom. The van der Waals surface area contributed by atoms with Crippen LogP contribution in [0.25, 0.3) is 0 Å². The first-order chi connectivity index (χ1) is 11.6. The molecule has 1 fully saturated rings. The Morgan fingerprint density at radius 3 is 2.71 bits per heavy atom. The molecule has 0 aliphatic carbocycles. The summed E-state index contributed by atoms with van der Waals surface area (Å²) >= 11 is 0. The van der Waals surface area contributed by atoms with Gasteiger partial charge in [0.15, 0.2) is 0 Å². The highest BCUT2D eigenvalue weighted by Crippen LogP contribution is 2.32. The van der Waals surface area contributed by atoms with E-state index in [1.54, 1.807) is 13.1 Å². The van der Waals surface area contributed by atoms with Gasteiger partial charge < -0.3 is 9.80 Å². The Labute approximate surface area is 144 Å². The molecular formula is C20H25N3O. The molecule has 4 heteroatoms. The van der Waals surface area contributed by atoms with Crippen LogP contribution in [-0.2, 0) is 4.79 Å². The predicted octanol–water partition coefficient (Wildman–Crippen LogP) is 3.61. The lowest BCUT2D eigenvalue weighted by molar-refractivity contribution is -0.129. The molecule has 0 N–H and O–H groups in total. The maximum absolute atomic E-state index is 11.9. The second-order valence-corrected chi connectivity index (χ2v) is 6.71. The maximum Gasteiger partial charge on any atom is 0.219 e. The van der Waals surface area contributed by atoms with Crippen molar-refractivity contribution in [3.8, 4) is 0 Å². The van der Waals surface area contributed by atoms with Crippen molar-refractivity contribution < 1.29 is 4.79 Å². The van der Waals surface area contributed by atoms with Crippen LogP contribution in [0.4, 0.5) is 5.69 Å². The van der Waals surface area contributed by atoms with Gasteiger partial charge >= 0.3 is 0 Å². The summed E-state index contributed by atoms with van der Waals surface area (Å²) in [7, 11) is 0. The number of hydrogen-bond acceptors (Lipinski definition) is 3. The van der Waals surface area contributed by atoms with E-state index in [-0.39, 0.29) is 11.9 Å². The van der Waals surface area contributed by atoms with Crippen LogP contribution in [0.3, 0.4) is 0 Å². The summed E-state index contributed by atoms with van der Waals surface area (Å²) in [6.45, 7) is 8.37. The van der Waals surface area contributed by atoms with Crippen molar-refractivity contribution in [1.29, 1.82) is 0 Å². The molecule has 1 aromatic carbocycles. The molecule has 1 unspecified atom stereocenters. The van der Waals surface area contributed by atoms with Crippen molar-refractivity contribution in [2.24, 2.45) is 0 Å². The highest BCUT2D eigenvalue weighted by Gasteiger charge is 2.29. The van der Waals surface area contributed by atoms with Crippen LogP contribution < -0.4 is 4.90 Å². The Bertz CT molecular complexity index is 699. The van der Waals surface area contributed by atoms with Crippen LogP contribution in [0.1, 0.15) is 43.9 Å². The molecule has 1 amide bonds. The Balaban J connectivity index is 1.95. The first kappa shape index (κ1) is 16.5. The lowest BCUT2D eigenvalue weighted by atomic mass is 9.99. The molecule has 0 radical (unpaired) electrons. The largest absolute Gasteiger partial charge is 0.361 e. The Morgan fingerprint density at radius 1 is 1.21 bits per heavy atom. The zero-order valence-corrected chi connectivity index (χ0v) is 14.6. The van der Waals surface area contributed by atoms with E-state index in [4.69, 9.17) is 0 Å². The van der Waals surface area contributed by atoms with E-state index < -0.39 is 0 Å². The fourth-order valence-electron chi connectivity index (χ4n) is 3.30. The van der Waals surface area contributed by atoms with E-state index >= 15 is 0 Å². The molecule has 1 aliphatic rings. The number of rotatable bonds is 3. The average molecular weight is 323 g/mol.